The van der Waals surface area contributed by atoms with Gasteiger partial charge in [-0.1, -0.05) is 60.3 Å². The van der Waals surface area contributed by atoms with Crippen molar-refractivity contribution >= 4 is 28.2 Å². The summed E-state index contributed by atoms with van der Waals surface area (Å²) in [7, 11) is 3.93. The minimum atomic E-state index is 0.109. The largest absolute Gasteiger partial charge is 0.495 e. The standard InChI is InChI=1S/C28H32N4OS/c1-20-18-23(10-12-25(20)22-8-6-5-7-9-22)28-32(29-21(2)34-28)24-11-13-27(33-4)26(19-24)31-16-14-30(3)15-17-31/h5-13,18-19,28H,14-17H2,1-4H3. The van der Waals surface area contributed by atoms with Crippen molar-refractivity contribution in [2.24, 2.45) is 5.10 Å². The molecule has 3 aromatic rings. The number of anilines is 2. The van der Waals surface area contributed by atoms with Crippen molar-refractivity contribution in [3.05, 3.63) is 77.9 Å². The normalized spacial score (nSPS) is 18.8. The number of hydrazone groups is 1. The molecule has 0 amide bonds. The van der Waals surface area contributed by atoms with Crippen molar-refractivity contribution in [3.63, 3.8) is 0 Å². The van der Waals surface area contributed by atoms with E-state index in [0.29, 0.717) is 0 Å². The molecule has 176 valence electrons. The molecule has 2 aliphatic rings. The number of thioether (sulfide) groups is 1. The second-order valence-electron chi connectivity index (χ2n) is 9.02. The van der Waals surface area contributed by atoms with E-state index in [1.165, 1.54) is 22.3 Å². The lowest BCUT2D eigenvalue weighted by Gasteiger charge is -2.35. The van der Waals surface area contributed by atoms with Gasteiger partial charge in [0.05, 0.1) is 23.5 Å². The molecule has 6 heteroatoms. The van der Waals surface area contributed by atoms with Crippen molar-refractivity contribution in [3.8, 4) is 16.9 Å². The van der Waals surface area contributed by atoms with Crippen LogP contribution in [0, 0.1) is 6.92 Å². The van der Waals surface area contributed by atoms with Crippen LogP contribution in [0.15, 0.2) is 71.8 Å². The van der Waals surface area contributed by atoms with Crippen LogP contribution in [0.25, 0.3) is 11.1 Å². The van der Waals surface area contributed by atoms with Crippen LogP contribution in [-0.4, -0.2) is 50.3 Å². The van der Waals surface area contributed by atoms with E-state index >= 15 is 0 Å². The Kier molecular flexibility index (Phi) is 6.53. The van der Waals surface area contributed by atoms with Crippen LogP contribution in [0.5, 0.6) is 5.75 Å². The zero-order chi connectivity index (χ0) is 23.7. The molecule has 0 bridgehead atoms. The maximum atomic E-state index is 5.73. The summed E-state index contributed by atoms with van der Waals surface area (Å²) in [5.41, 5.74) is 7.31. The highest BCUT2D eigenvalue weighted by molar-refractivity contribution is 8.14. The number of ether oxygens (including phenoxy) is 1. The lowest BCUT2D eigenvalue weighted by molar-refractivity contribution is 0.311. The van der Waals surface area contributed by atoms with Crippen LogP contribution in [0.3, 0.4) is 0 Å². The molecule has 0 N–H and O–H groups in total. The molecule has 5 rings (SSSR count). The number of aryl methyl sites for hydroxylation is 1. The van der Waals surface area contributed by atoms with Crippen LogP contribution in [-0.2, 0) is 0 Å². The molecule has 1 fully saturated rings. The third kappa shape index (κ3) is 4.52. The minimum absolute atomic E-state index is 0.109. The molecule has 1 saturated heterocycles. The second-order valence-corrected chi connectivity index (χ2v) is 10.3. The molecule has 5 nitrogen and oxygen atoms in total. The molecule has 2 heterocycles. The third-order valence-electron chi connectivity index (χ3n) is 6.64. The zero-order valence-corrected chi connectivity index (χ0v) is 21.2. The highest BCUT2D eigenvalue weighted by Gasteiger charge is 2.30. The molecule has 0 saturated carbocycles. The van der Waals surface area contributed by atoms with Gasteiger partial charge >= 0.3 is 0 Å². The molecule has 34 heavy (non-hydrogen) atoms. The van der Waals surface area contributed by atoms with Gasteiger partial charge in [0, 0.05) is 26.2 Å². The Bertz CT molecular complexity index is 1190. The molecular formula is C28H32N4OS. The predicted octanol–water partition coefficient (Wildman–Crippen LogP) is 6.01. The van der Waals surface area contributed by atoms with Crippen molar-refractivity contribution in [2.45, 2.75) is 19.2 Å². The molecule has 0 aliphatic carbocycles. The zero-order valence-electron chi connectivity index (χ0n) is 20.4. The number of nitrogens with zero attached hydrogens (tertiary/aromatic N) is 4. The fourth-order valence-electron chi connectivity index (χ4n) is 4.74. The first-order valence-corrected chi connectivity index (χ1v) is 12.7. The highest BCUT2D eigenvalue weighted by atomic mass is 32.2. The smallest absolute Gasteiger partial charge is 0.142 e. The van der Waals surface area contributed by atoms with Gasteiger partial charge in [0.25, 0.3) is 0 Å². The number of rotatable bonds is 5. The molecule has 2 aliphatic heterocycles. The van der Waals surface area contributed by atoms with Crippen molar-refractivity contribution in [2.75, 3.05) is 50.2 Å². The summed E-state index contributed by atoms with van der Waals surface area (Å²) in [5, 5.41) is 8.27. The number of hydrogen-bond donors (Lipinski definition) is 0. The van der Waals surface area contributed by atoms with Crippen LogP contribution >= 0.6 is 11.8 Å². The summed E-state index contributed by atoms with van der Waals surface area (Å²) >= 11 is 1.81. The summed E-state index contributed by atoms with van der Waals surface area (Å²) in [5.74, 6) is 0.917. The van der Waals surface area contributed by atoms with Crippen molar-refractivity contribution in [1.82, 2.24) is 4.90 Å². The van der Waals surface area contributed by atoms with E-state index in [1.807, 2.05) is 11.8 Å². The van der Waals surface area contributed by atoms with Gasteiger partial charge in [0.15, 0.2) is 0 Å². The average Bonchev–Trinajstić information content (AvgIpc) is 3.26. The third-order valence-corrected chi connectivity index (χ3v) is 7.76. The van der Waals surface area contributed by atoms with Crippen LogP contribution < -0.4 is 14.6 Å². The molecule has 1 atom stereocenters. The Morgan fingerprint density at radius 2 is 1.68 bits per heavy atom. The van der Waals surface area contributed by atoms with Gasteiger partial charge in [0.2, 0.25) is 0 Å². The molecule has 3 aromatic carbocycles. The number of methoxy groups -OCH3 is 1. The van der Waals surface area contributed by atoms with Crippen molar-refractivity contribution < 1.29 is 4.74 Å². The summed E-state index contributed by atoms with van der Waals surface area (Å²) < 4.78 is 5.73. The van der Waals surface area contributed by atoms with Crippen LogP contribution in [0.1, 0.15) is 23.4 Å². The Hall–Kier alpha value is -2.96. The van der Waals surface area contributed by atoms with Crippen molar-refractivity contribution in [1.29, 1.82) is 0 Å². The molecule has 1 unspecified atom stereocenters. The topological polar surface area (TPSA) is 31.3 Å². The van der Waals surface area contributed by atoms with Gasteiger partial charge in [-0.15, -0.1) is 0 Å². The lowest BCUT2D eigenvalue weighted by Crippen LogP contribution is -2.44. The Morgan fingerprint density at radius 3 is 2.38 bits per heavy atom. The van der Waals surface area contributed by atoms with Gasteiger partial charge in [-0.3, -0.25) is 0 Å². The van der Waals surface area contributed by atoms with E-state index in [4.69, 9.17) is 9.84 Å². The first kappa shape index (κ1) is 22.8. The number of piperazine rings is 1. The molecular weight excluding hydrogens is 440 g/mol. The highest BCUT2D eigenvalue weighted by Crippen LogP contribution is 2.45. The van der Waals surface area contributed by atoms with Crippen LogP contribution in [0.2, 0.25) is 0 Å². The average molecular weight is 473 g/mol. The fourth-order valence-corrected chi connectivity index (χ4v) is 5.75. The van der Waals surface area contributed by atoms with E-state index in [2.05, 4.69) is 102 Å². The Labute approximate surface area is 207 Å². The maximum absolute atomic E-state index is 5.73. The van der Waals surface area contributed by atoms with Gasteiger partial charge in [-0.2, -0.15) is 5.10 Å². The summed E-state index contributed by atoms with van der Waals surface area (Å²) in [6, 6.07) is 23.8. The minimum Gasteiger partial charge on any atom is -0.495 e. The number of hydrogen-bond acceptors (Lipinski definition) is 6. The predicted molar refractivity (Wildman–Crippen MR) is 145 cm³/mol. The first-order valence-electron chi connectivity index (χ1n) is 11.8. The quantitative estimate of drug-likeness (QED) is 0.454. The second kappa shape index (κ2) is 9.72. The van der Waals surface area contributed by atoms with E-state index in [-0.39, 0.29) is 5.37 Å². The molecule has 0 aromatic heterocycles. The summed E-state index contributed by atoms with van der Waals surface area (Å²) in [4.78, 5) is 4.80. The Balaban J connectivity index is 1.46. The monoisotopic (exact) mass is 472 g/mol. The first-order chi connectivity index (χ1) is 16.5. The van der Waals surface area contributed by atoms with Gasteiger partial charge < -0.3 is 14.5 Å². The van der Waals surface area contributed by atoms with E-state index < -0.39 is 0 Å². The number of likely N-dealkylation sites (N-methyl/N-ethyl adjacent to an activating group) is 1. The Morgan fingerprint density at radius 1 is 0.912 bits per heavy atom. The summed E-state index contributed by atoms with van der Waals surface area (Å²) in [6.07, 6.45) is 0. The lowest BCUT2D eigenvalue weighted by atomic mass is 9.98. The van der Waals surface area contributed by atoms with E-state index in [9.17, 15) is 0 Å². The van der Waals surface area contributed by atoms with Gasteiger partial charge in [-0.25, -0.2) is 5.01 Å². The SMILES string of the molecule is COc1ccc(N2N=C(C)SC2c2ccc(-c3ccccc3)c(C)c2)cc1N1CCN(C)CC1. The maximum Gasteiger partial charge on any atom is 0.142 e. The number of benzene rings is 3. The van der Waals surface area contributed by atoms with Crippen LogP contribution in [0.4, 0.5) is 11.4 Å². The molecule has 0 radical (unpaired) electrons. The van der Waals surface area contributed by atoms with E-state index in [0.717, 1.165) is 48.3 Å². The van der Waals surface area contributed by atoms with E-state index in [1.54, 1.807) is 7.11 Å². The fraction of sp³-hybridized carbons (Fsp3) is 0.321. The van der Waals surface area contributed by atoms with Gasteiger partial charge in [0.1, 0.15) is 11.1 Å². The molecule has 0 spiro atoms. The summed E-state index contributed by atoms with van der Waals surface area (Å²) in [6.45, 7) is 8.39. The van der Waals surface area contributed by atoms with Gasteiger partial charge in [-0.05, 0) is 61.3 Å².